The molecule has 0 heterocycles. The molecule has 3 rings (SSSR count). The van der Waals surface area contributed by atoms with E-state index in [1.165, 1.54) is 49.8 Å². The Labute approximate surface area is 140 Å². The maximum absolute atomic E-state index is 4.42. The minimum atomic E-state index is 0.469. The topological polar surface area (TPSA) is 12.4 Å². The van der Waals surface area contributed by atoms with Crippen molar-refractivity contribution in [1.29, 1.82) is 0 Å². The summed E-state index contributed by atoms with van der Waals surface area (Å²) >= 11 is 1.83. The van der Waals surface area contributed by atoms with Crippen LogP contribution in [0.3, 0.4) is 0 Å². The van der Waals surface area contributed by atoms with E-state index in [2.05, 4.69) is 41.6 Å². The summed E-state index contributed by atoms with van der Waals surface area (Å²) in [4.78, 5) is 0. The van der Waals surface area contributed by atoms with Gasteiger partial charge in [0.15, 0.2) is 0 Å². The zero-order chi connectivity index (χ0) is 14.9. The minimum absolute atomic E-state index is 0.469. The third kappa shape index (κ3) is 3.73. The van der Waals surface area contributed by atoms with Gasteiger partial charge >= 0.3 is 141 Å². The molecule has 2 bridgehead atoms. The molecule has 1 nitrogen and oxygen atoms in total. The quantitative estimate of drug-likeness (QED) is 0.562. The SMILES string of the molecule is CC(C)(CCc1ccccc1[N]=[Mo+4])CC1CC2CCC1C2. The van der Waals surface area contributed by atoms with Crippen LogP contribution >= 0.6 is 0 Å². The van der Waals surface area contributed by atoms with Crippen molar-refractivity contribution >= 4 is 5.69 Å². The predicted molar refractivity (Wildman–Crippen MR) is 84.2 cm³/mol. The van der Waals surface area contributed by atoms with Gasteiger partial charge in [0.2, 0.25) is 0 Å². The first-order valence-electron chi connectivity index (χ1n) is 8.49. The van der Waals surface area contributed by atoms with Crippen molar-refractivity contribution in [3.63, 3.8) is 0 Å². The number of hydrogen-bond acceptors (Lipinski definition) is 1. The summed E-state index contributed by atoms with van der Waals surface area (Å²) in [6.45, 7) is 4.96. The van der Waals surface area contributed by atoms with E-state index in [0.29, 0.717) is 5.41 Å². The third-order valence-corrected chi connectivity index (χ3v) is 6.34. The van der Waals surface area contributed by atoms with E-state index in [1.54, 1.807) is 6.42 Å². The van der Waals surface area contributed by atoms with Crippen LogP contribution in [0, 0.1) is 23.2 Å². The summed E-state index contributed by atoms with van der Waals surface area (Å²) in [5, 5.41) is 0. The number of aryl methyl sites for hydroxylation is 1. The molecule has 1 aromatic carbocycles. The second-order valence-corrected chi connectivity index (χ2v) is 8.47. The zero-order valence-corrected chi connectivity index (χ0v) is 15.4. The van der Waals surface area contributed by atoms with Crippen molar-refractivity contribution in [3.05, 3.63) is 29.8 Å². The van der Waals surface area contributed by atoms with E-state index in [0.717, 1.165) is 17.8 Å². The van der Waals surface area contributed by atoms with Crippen molar-refractivity contribution in [3.8, 4) is 0 Å². The second kappa shape index (κ2) is 6.45. The predicted octanol–water partition coefficient (Wildman–Crippen LogP) is 5.83. The summed E-state index contributed by atoms with van der Waals surface area (Å²) in [6, 6.07) is 8.63. The van der Waals surface area contributed by atoms with Gasteiger partial charge in [0.25, 0.3) is 0 Å². The molecule has 2 saturated carbocycles. The van der Waals surface area contributed by atoms with Gasteiger partial charge in [-0.1, -0.05) is 0 Å². The van der Waals surface area contributed by atoms with Gasteiger partial charge in [-0.15, -0.1) is 0 Å². The number of benzene rings is 1. The zero-order valence-electron chi connectivity index (χ0n) is 13.3. The van der Waals surface area contributed by atoms with Gasteiger partial charge in [-0.2, -0.15) is 0 Å². The number of fused-ring (bicyclic) bond motifs is 2. The van der Waals surface area contributed by atoms with Gasteiger partial charge in [0.1, 0.15) is 0 Å². The van der Waals surface area contributed by atoms with Crippen molar-refractivity contribution in [2.45, 2.75) is 58.8 Å². The number of rotatable bonds is 6. The first-order chi connectivity index (χ1) is 10.1. The van der Waals surface area contributed by atoms with Crippen molar-refractivity contribution in [1.82, 2.24) is 0 Å². The Morgan fingerprint density at radius 1 is 1.19 bits per heavy atom. The Hall–Kier alpha value is -0.292. The van der Waals surface area contributed by atoms with Crippen LogP contribution in [0.1, 0.15) is 57.9 Å². The first-order valence-corrected chi connectivity index (χ1v) is 9.38. The summed E-state index contributed by atoms with van der Waals surface area (Å²) in [7, 11) is 0. The first kappa shape index (κ1) is 15.6. The van der Waals surface area contributed by atoms with Gasteiger partial charge in [-0.3, -0.25) is 0 Å². The molecular formula is C19H27MoN+4. The summed E-state index contributed by atoms with van der Waals surface area (Å²) in [6.07, 6.45) is 9.99. The number of hydrogen-bond donors (Lipinski definition) is 0. The molecule has 0 N–H and O–H groups in total. The maximum atomic E-state index is 4.42. The van der Waals surface area contributed by atoms with Crippen LogP contribution in [0.25, 0.3) is 0 Å². The monoisotopic (exact) mass is 367 g/mol. The summed E-state index contributed by atoms with van der Waals surface area (Å²) in [5.74, 6) is 3.16. The van der Waals surface area contributed by atoms with Gasteiger partial charge in [-0.05, 0) is 0 Å². The molecule has 2 fully saturated rings. The van der Waals surface area contributed by atoms with E-state index in [4.69, 9.17) is 0 Å². The molecule has 0 amide bonds. The Bertz CT molecular complexity index is 508. The van der Waals surface area contributed by atoms with E-state index in [9.17, 15) is 0 Å². The van der Waals surface area contributed by atoms with Crippen molar-refractivity contribution in [2.24, 2.45) is 26.7 Å². The standard InChI is InChI=1S/C19H27N.Mo/c1-19(2,10-9-15-5-3-4-6-18(15)20)13-17-12-14-7-8-16(17)11-14;/h3-6,14,16-17H,7-13H2,1-2H3;/q;+4. The molecule has 1 aromatic rings. The van der Waals surface area contributed by atoms with Gasteiger partial charge in [0, 0.05) is 0 Å². The Morgan fingerprint density at radius 3 is 2.67 bits per heavy atom. The van der Waals surface area contributed by atoms with Gasteiger partial charge in [0.05, 0.1) is 0 Å². The fraction of sp³-hybridized carbons (Fsp3) is 0.684. The van der Waals surface area contributed by atoms with Crippen LogP contribution in [0.2, 0.25) is 0 Å². The van der Waals surface area contributed by atoms with E-state index >= 15 is 0 Å². The fourth-order valence-corrected chi connectivity index (χ4v) is 5.16. The van der Waals surface area contributed by atoms with Crippen molar-refractivity contribution < 1.29 is 19.6 Å². The third-order valence-electron chi connectivity index (χ3n) is 5.86. The van der Waals surface area contributed by atoms with Crippen LogP contribution < -0.4 is 0 Å². The molecule has 0 saturated heterocycles. The van der Waals surface area contributed by atoms with Crippen LogP contribution in [0.15, 0.2) is 27.8 Å². The van der Waals surface area contributed by atoms with Crippen LogP contribution in [-0.2, 0) is 26.1 Å². The Morgan fingerprint density at radius 2 is 2.00 bits per heavy atom. The molecule has 2 heteroatoms. The molecular weight excluding hydrogens is 338 g/mol. The van der Waals surface area contributed by atoms with E-state index in [-0.39, 0.29) is 0 Å². The molecule has 2 aliphatic carbocycles. The molecule has 2 aliphatic rings. The van der Waals surface area contributed by atoms with E-state index < -0.39 is 0 Å². The van der Waals surface area contributed by atoms with E-state index in [1.807, 2.05) is 19.6 Å². The molecule has 0 aliphatic heterocycles. The molecule has 21 heavy (non-hydrogen) atoms. The van der Waals surface area contributed by atoms with Crippen molar-refractivity contribution in [2.75, 3.05) is 0 Å². The fourth-order valence-electron chi connectivity index (χ4n) is 4.72. The molecule has 0 radical (unpaired) electrons. The molecule has 3 unspecified atom stereocenters. The number of nitrogens with zero attached hydrogens (tertiary/aromatic N) is 1. The second-order valence-electron chi connectivity index (χ2n) is 8.02. The van der Waals surface area contributed by atoms with Crippen LogP contribution in [0.5, 0.6) is 0 Å². The Kier molecular flexibility index (Phi) is 4.79. The van der Waals surface area contributed by atoms with Crippen LogP contribution in [0.4, 0.5) is 5.69 Å². The van der Waals surface area contributed by atoms with Crippen LogP contribution in [-0.4, -0.2) is 0 Å². The molecule has 110 valence electrons. The normalized spacial score (nSPS) is 28.1. The van der Waals surface area contributed by atoms with Gasteiger partial charge < -0.3 is 0 Å². The molecule has 3 atom stereocenters. The van der Waals surface area contributed by atoms with Gasteiger partial charge in [-0.25, -0.2) is 0 Å². The summed E-state index contributed by atoms with van der Waals surface area (Å²) in [5.41, 5.74) is 3.07. The average molecular weight is 365 g/mol. The molecule has 0 aromatic heterocycles. The summed E-state index contributed by atoms with van der Waals surface area (Å²) < 4.78 is 4.42. The average Bonchev–Trinajstić information content (AvgIpc) is 3.07. The molecule has 0 spiro atoms. The Balaban J connectivity index is 1.57.